The number of aromatic nitrogens is 3. The largest absolute Gasteiger partial charge is 0.496 e. The van der Waals surface area contributed by atoms with Crippen molar-refractivity contribution in [2.45, 2.75) is 17.1 Å². The first-order valence-electron chi connectivity index (χ1n) is 9.99. The molecule has 0 fully saturated rings. The number of rotatable bonds is 5. The van der Waals surface area contributed by atoms with Gasteiger partial charge in [-0.25, -0.2) is 0 Å². The van der Waals surface area contributed by atoms with E-state index in [9.17, 15) is 0 Å². The summed E-state index contributed by atoms with van der Waals surface area (Å²) in [4.78, 5) is 4.70. The molecular weight excluding hydrogens is 444 g/mol. The van der Waals surface area contributed by atoms with Gasteiger partial charge >= 0.3 is 0 Å². The number of ether oxygens (including phenoxy) is 2. The van der Waals surface area contributed by atoms with E-state index < -0.39 is 6.23 Å². The van der Waals surface area contributed by atoms with Crippen LogP contribution in [0.25, 0.3) is 11.3 Å². The van der Waals surface area contributed by atoms with Crippen molar-refractivity contribution in [3.63, 3.8) is 0 Å². The highest BCUT2D eigenvalue weighted by Gasteiger charge is 2.27. The van der Waals surface area contributed by atoms with Crippen LogP contribution in [0.1, 0.15) is 17.4 Å². The van der Waals surface area contributed by atoms with Crippen LogP contribution in [-0.2, 0) is 5.75 Å². The van der Waals surface area contributed by atoms with Gasteiger partial charge in [0.15, 0.2) is 5.69 Å². The zero-order chi connectivity index (χ0) is 21.9. The molecule has 5 rings (SSSR count). The third-order valence-electron chi connectivity index (χ3n) is 5.04. The van der Waals surface area contributed by atoms with Crippen LogP contribution in [-0.4, -0.2) is 22.3 Å². The molecule has 0 saturated carbocycles. The van der Waals surface area contributed by atoms with E-state index in [1.54, 1.807) is 7.11 Å². The predicted octanol–water partition coefficient (Wildman–Crippen LogP) is 6.00. The van der Waals surface area contributed by atoms with Crippen LogP contribution in [0.15, 0.2) is 78.0 Å². The van der Waals surface area contributed by atoms with Gasteiger partial charge in [0.1, 0.15) is 5.75 Å². The highest BCUT2D eigenvalue weighted by atomic mass is 35.5. The first-order chi connectivity index (χ1) is 15.7. The lowest BCUT2D eigenvalue weighted by Gasteiger charge is -2.21. The third-order valence-corrected chi connectivity index (χ3v) is 6.20. The average Bonchev–Trinajstić information content (AvgIpc) is 3.00. The highest BCUT2D eigenvalue weighted by Crippen LogP contribution is 2.41. The molecule has 0 radical (unpaired) electrons. The number of hydrogen-bond donors (Lipinski definition) is 1. The number of nitrogens with one attached hydrogen (secondary N) is 1. The van der Waals surface area contributed by atoms with Crippen LogP contribution in [0, 0.1) is 0 Å². The first-order valence-corrected chi connectivity index (χ1v) is 11.3. The molecule has 0 bridgehead atoms. The molecule has 0 amide bonds. The monoisotopic (exact) mass is 462 g/mol. The van der Waals surface area contributed by atoms with Crippen molar-refractivity contribution < 1.29 is 9.47 Å². The van der Waals surface area contributed by atoms with E-state index in [0.29, 0.717) is 27.5 Å². The molecule has 1 aromatic heterocycles. The van der Waals surface area contributed by atoms with E-state index in [0.717, 1.165) is 28.1 Å². The van der Waals surface area contributed by atoms with Crippen LogP contribution in [0.4, 0.5) is 5.69 Å². The molecule has 8 heteroatoms. The van der Waals surface area contributed by atoms with E-state index in [2.05, 4.69) is 15.5 Å². The quantitative estimate of drug-likeness (QED) is 0.365. The molecule has 0 saturated heterocycles. The van der Waals surface area contributed by atoms with Gasteiger partial charge in [-0.05, 0) is 35.9 Å². The second-order valence-electron chi connectivity index (χ2n) is 7.09. The SMILES string of the molecule is COc1ccccc1[C@@H]1Nc2ccccc2-c2nnc(SCc3ccc(Cl)cc3)nc2O1. The molecule has 1 aliphatic rings. The third kappa shape index (κ3) is 4.22. The molecule has 32 heavy (non-hydrogen) atoms. The molecule has 1 N–H and O–H groups in total. The molecular formula is C24H19ClN4O2S. The zero-order valence-corrected chi connectivity index (χ0v) is 18.7. The minimum Gasteiger partial charge on any atom is -0.496 e. The Balaban J connectivity index is 1.50. The number of fused-ring (bicyclic) bond motifs is 3. The van der Waals surface area contributed by atoms with Gasteiger partial charge in [-0.2, -0.15) is 4.98 Å². The van der Waals surface area contributed by atoms with Gasteiger partial charge in [-0.3, -0.25) is 0 Å². The van der Waals surface area contributed by atoms with Crippen molar-refractivity contribution in [1.29, 1.82) is 0 Å². The molecule has 1 atom stereocenters. The normalized spacial score (nSPS) is 14.4. The van der Waals surface area contributed by atoms with E-state index in [1.807, 2.05) is 72.8 Å². The maximum atomic E-state index is 6.34. The Morgan fingerprint density at radius 2 is 1.78 bits per heavy atom. The Morgan fingerprint density at radius 3 is 2.62 bits per heavy atom. The Kier molecular flexibility index (Phi) is 5.83. The van der Waals surface area contributed by atoms with Gasteiger partial charge in [-0.15, -0.1) is 10.2 Å². The molecule has 160 valence electrons. The number of methoxy groups -OCH3 is 1. The van der Waals surface area contributed by atoms with E-state index >= 15 is 0 Å². The fraction of sp³-hybridized carbons (Fsp3) is 0.125. The number of halogens is 1. The smallest absolute Gasteiger partial charge is 0.247 e. The maximum Gasteiger partial charge on any atom is 0.247 e. The van der Waals surface area contributed by atoms with E-state index in [-0.39, 0.29) is 0 Å². The number of para-hydroxylation sites is 2. The zero-order valence-electron chi connectivity index (χ0n) is 17.2. The van der Waals surface area contributed by atoms with Gasteiger partial charge in [-0.1, -0.05) is 65.8 Å². The van der Waals surface area contributed by atoms with Crippen LogP contribution < -0.4 is 14.8 Å². The van der Waals surface area contributed by atoms with Gasteiger partial charge in [0.2, 0.25) is 17.3 Å². The average molecular weight is 463 g/mol. The first kappa shape index (κ1) is 20.6. The topological polar surface area (TPSA) is 69.2 Å². The van der Waals surface area contributed by atoms with Gasteiger partial charge < -0.3 is 14.8 Å². The number of thioether (sulfide) groups is 1. The maximum absolute atomic E-state index is 6.34. The Morgan fingerprint density at radius 1 is 1.00 bits per heavy atom. The van der Waals surface area contributed by atoms with Crippen molar-refractivity contribution in [3.05, 3.63) is 88.9 Å². The van der Waals surface area contributed by atoms with Crippen molar-refractivity contribution >= 4 is 29.1 Å². The summed E-state index contributed by atoms with van der Waals surface area (Å²) in [5.74, 6) is 1.85. The fourth-order valence-electron chi connectivity index (χ4n) is 3.46. The molecule has 0 spiro atoms. The van der Waals surface area contributed by atoms with Crippen molar-refractivity contribution in [3.8, 4) is 22.9 Å². The summed E-state index contributed by atoms with van der Waals surface area (Å²) < 4.78 is 11.9. The summed E-state index contributed by atoms with van der Waals surface area (Å²) in [6.07, 6.45) is -0.501. The Bertz CT molecular complexity index is 1250. The molecule has 2 heterocycles. The summed E-state index contributed by atoms with van der Waals surface area (Å²) in [5, 5.41) is 13.5. The predicted molar refractivity (Wildman–Crippen MR) is 126 cm³/mol. The molecule has 1 aliphatic heterocycles. The molecule has 3 aromatic carbocycles. The van der Waals surface area contributed by atoms with Crippen LogP contribution in [0.3, 0.4) is 0 Å². The lowest BCUT2D eigenvalue weighted by molar-refractivity contribution is 0.220. The van der Waals surface area contributed by atoms with Crippen LogP contribution >= 0.6 is 23.4 Å². The lowest BCUT2D eigenvalue weighted by atomic mass is 10.1. The van der Waals surface area contributed by atoms with E-state index in [4.69, 9.17) is 26.1 Å². The molecule has 6 nitrogen and oxygen atoms in total. The standard InChI is InChI=1S/C24H19ClN4O2S/c1-30-20-9-5-3-7-18(20)22-26-19-8-4-2-6-17(19)21-23(31-22)27-24(29-28-21)32-14-15-10-12-16(25)13-11-15/h2-13,22,26H,14H2,1H3/t22-/m1/s1. The fourth-order valence-corrected chi connectivity index (χ4v) is 4.32. The minimum absolute atomic E-state index is 0.423. The number of benzene rings is 3. The second-order valence-corrected chi connectivity index (χ2v) is 8.47. The van der Waals surface area contributed by atoms with Crippen LogP contribution in [0.2, 0.25) is 5.02 Å². The van der Waals surface area contributed by atoms with Gasteiger partial charge in [0.25, 0.3) is 0 Å². The summed E-state index contributed by atoms with van der Waals surface area (Å²) in [5.41, 5.74) is 4.36. The van der Waals surface area contributed by atoms with Crippen LogP contribution in [0.5, 0.6) is 11.6 Å². The number of hydrogen-bond acceptors (Lipinski definition) is 7. The molecule has 0 unspecified atom stereocenters. The van der Waals surface area contributed by atoms with Gasteiger partial charge in [0, 0.05) is 22.0 Å². The van der Waals surface area contributed by atoms with Gasteiger partial charge in [0.05, 0.1) is 12.7 Å². The molecule has 4 aromatic rings. The van der Waals surface area contributed by atoms with Crippen molar-refractivity contribution in [1.82, 2.24) is 15.2 Å². The highest BCUT2D eigenvalue weighted by molar-refractivity contribution is 7.98. The summed E-state index contributed by atoms with van der Waals surface area (Å²) in [7, 11) is 1.65. The van der Waals surface area contributed by atoms with Crippen molar-refractivity contribution in [2.75, 3.05) is 12.4 Å². The van der Waals surface area contributed by atoms with E-state index in [1.165, 1.54) is 11.8 Å². The second kappa shape index (κ2) is 9.06. The summed E-state index contributed by atoms with van der Waals surface area (Å²) in [6, 6.07) is 23.4. The lowest BCUT2D eigenvalue weighted by Crippen LogP contribution is -2.18. The minimum atomic E-state index is -0.501. The summed E-state index contributed by atoms with van der Waals surface area (Å²) >= 11 is 7.47. The Labute approximate surface area is 195 Å². The van der Waals surface area contributed by atoms with Crippen molar-refractivity contribution in [2.24, 2.45) is 0 Å². The Hall–Kier alpha value is -3.29. The number of anilines is 1. The molecule has 0 aliphatic carbocycles. The summed E-state index contributed by atoms with van der Waals surface area (Å²) in [6.45, 7) is 0. The number of nitrogens with zero attached hydrogens (tertiary/aromatic N) is 3.